The summed E-state index contributed by atoms with van der Waals surface area (Å²) in [6.45, 7) is 2.56. The second kappa shape index (κ2) is 7.18. The molecule has 1 saturated carbocycles. The Bertz CT molecular complexity index is 570. The molecule has 1 fully saturated rings. The highest BCUT2D eigenvalue weighted by Crippen LogP contribution is 2.44. The van der Waals surface area contributed by atoms with Crippen LogP contribution in [-0.2, 0) is 10.2 Å². The lowest BCUT2D eigenvalue weighted by Crippen LogP contribution is -2.41. The first-order valence-electron chi connectivity index (χ1n) is 8.82. The first-order chi connectivity index (χ1) is 11.1. The summed E-state index contributed by atoms with van der Waals surface area (Å²) in [4.78, 5) is 14.8. The molecule has 23 heavy (non-hydrogen) atoms. The Hall–Kier alpha value is -1.13. The molecule has 0 aromatic carbocycles. The van der Waals surface area contributed by atoms with Gasteiger partial charge in [0.05, 0.1) is 6.10 Å². The Morgan fingerprint density at radius 3 is 2.78 bits per heavy atom. The van der Waals surface area contributed by atoms with Crippen molar-refractivity contribution in [2.75, 3.05) is 6.54 Å². The number of hydrogen-bond donors (Lipinski definition) is 2. The molecule has 1 amide bonds. The van der Waals surface area contributed by atoms with E-state index in [0.717, 1.165) is 43.5 Å². The average molecular weight is 333 g/mol. The number of nitrogens with one attached hydrogen (secondary N) is 1. The number of aliphatic hydroxyl groups excluding tert-OH is 1. The van der Waals surface area contributed by atoms with Crippen LogP contribution in [0.5, 0.6) is 0 Å². The predicted octanol–water partition coefficient (Wildman–Crippen LogP) is 4.09. The summed E-state index contributed by atoms with van der Waals surface area (Å²) < 4.78 is 0. The van der Waals surface area contributed by atoms with Crippen LogP contribution in [0.1, 0.15) is 67.7 Å². The monoisotopic (exact) mass is 333 g/mol. The minimum absolute atomic E-state index is 0.0813. The highest BCUT2D eigenvalue weighted by atomic mass is 32.1. The molecule has 0 spiro atoms. The Balaban J connectivity index is 1.68. The van der Waals surface area contributed by atoms with Gasteiger partial charge in [0.25, 0.3) is 0 Å². The van der Waals surface area contributed by atoms with Crippen molar-refractivity contribution in [3.8, 4) is 0 Å². The van der Waals surface area contributed by atoms with Crippen molar-refractivity contribution in [1.29, 1.82) is 0 Å². The quantitative estimate of drug-likeness (QED) is 0.798. The maximum Gasteiger partial charge on any atom is 0.223 e. The smallest absolute Gasteiger partial charge is 0.223 e. The molecule has 0 radical (unpaired) electrons. The summed E-state index contributed by atoms with van der Waals surface area (Å²) in [6, 6.07) is 4.20. The summed E-state index contributed by atoms with van der Waals surface area (Å²) in [5.74, 6) is 0.364. The third-order valence-electron chi connectivity index (χ3n) is 5.36. The van der Waals surface area contributed by atoms with Crippen LogP contribution >= 0.6 is 11.3 Å². The minimum atomic E-state index is -0.407. The van der Waals surface area contributed by atoms with Crippen molar-refractivity contribution in [3.63, 3.8) is 0 Å². The van der Waals surface area contributed by atoms with Crippen molar-refractivity contribution < 1.29 is 9.90 Å². The van der Waals surface area contributed by atoms with Gasteiger partial charge in [-0.25, -0.2) is 0 Å². The number of thiophene rings is 1. The topological polar surface area (TPSA) is 49.3 Å². The summed E-state index contributed by atoms with van der Waals surface area (Å²) in [7, 11) is 0. The number of hydrogen-bond acceptors (Lipinski definition) is 3. The Morgan fingerprint density at radius 2 is 2.17 bits per heavy atom. The van der Waals surface area contributed by atoms with E-state index in [0.29, 0.717) is 0 Å². The van der Waals surface area contributed by atoms with Crippen molar-refractivity contribution >= 4 is 17.2 Å². The molecule has 2 N–H and O–H groups in total. The molecular formula is C19H27NO2S. The molecule has 1 aromatic rings. The fourth-order valence-corrected chi connectivity index (χ4v) is 5.05. The first-order valence-corrected chi connectivity index (χ1v) is 9.63. The van der Waals surface area contributed by atoms with E-state index in [1.54, 1.807) is 11.3 Å². The van der Waals surface area contributed by atoms with Crippen LogP contribution < -0.4 is 5.32 Å². The lowest BCUT2D eigenvalue weighted by molar-refractivity contribution is -0.125. The standard InChI is InChI=1S/C19H27NO2S/c1-14(21)16-9-10-17(23-16)19(11-5-6-12-19)13-20-18(22)15-7-3-2-4-8-15/h2-3,9-10,14-15,21H,4-8,11-13H2,1H3,(H,20,22). The molecule has 1 heterocycles. The predicted molar refractivity (Wildman–Crippen MR) is 94.6 cm³/mol. The van der Waals surface area contributed by atoms with E-state index < -0.39 is 6.10 Å². The zero-order valence-corrected chi connectivity index (χ0v) is 14.7. The van der Waals surface area contributed by atoms with Crippen LogP contribution in [0, 0.1) is 5.92 Å². The normalized spacial score (nSPS) is 24.5. The van der Waals surface area contributed by atoms with E-state index in [1.165, 1.54) is 17.7 Å². The van der Waals surface area contributed by atoms with E-state index in [-0.39, 0.29) is 17.2 Å². The Kier molecular flexibility index (Phi) is 5.22. The van der Waals surface area contributed by atoms with Gasteiger partial charge in [0.15, 0.2) is 0 Å². The number of carbonyl (C=O) groups excluding carboxylic acids is 1. The second-order valence-corrected chi connectivity index (χ2v) is 8.18. The number of allylic oxidation sites excluding steroid dienone is 2. The molecule has 0 bridgehead atoms. The average Bonchev–Trinajstić information content (AvgIpc) is 3.23. The molecule has 2 aliphatic carbocycles. The fraction of sp³-hybridized carbons (Fsp3) is 0.632. The maximum atomic E-state index is 12.5. The summed E-state index contributed by atoms with van der Waals surface area (Å²) in [5, 5.41) is 13.0. The maximum absolute atomic E-state index is 12.5. The third kappa shape index (κ3) is 3.69. The number of aliphatic hydroxyl groups is 1. The molecule has 0 saturated heterocycles. The van der Waals surface area contributed by atoms with E-state index in [1.807, 2.05) is 13.0 Å². The van der Waals surface area contributed by atoms with Gasteiger partial charge in [0.2, 0.25) is 5.91 Å². The SMILES string of the molecule is CC(O)c1ccc(C2(CNC(=O)C3CC=CCC3)CCCC2)s1. The van der Waals surface area contributed by atoms with Crippen LogP contribution in [0.3, 0.4) is 0 Å². The fourth-order valence-electron chi connectivity index (χ4n) is 3.86. The molecular weight excluding hydrogens is 306 g/mol. The van der Waals surface area contributed by atoms with Gasteiger partial charge in [-0.3, -0.25) is 4.79 Å². The molecule has 2 unspecified atom stereocenters. The molecule has 2 aliphatic rings. The first kappa shape index (κ1) is 16.7. The summed E-state index contributed by atoms with van der Waals surface area (Å²) in [5.41, 5.74) is 0.0813. The van der Waals surface area contributed by atoms with Gasteiger partial charge in [-0.05, 0) is 51.2 Å². The molecule has 2 atom stereocenters. The van der Waals surface area contributed by atoms with Crippen LogP contribution in [0.15, 0.2) is 24.3 Å². The van der Waals surface area contributed by atoms with E-state index in [9.17, 15) is 9.90 Å². The van der Waals surface area contributed by atoms with Gasteiger partial charge in [-0.15, -0.1) is 11.3 Å². The van der Waals surface area contributed by atoms with Gasteiger partial charge in [0.1, 0.15) is 0 Å². The van der Waals surface area contributed by atoms with Gasteiger partial charge in [-0.1, -0.05) is 25.0 Å². The van der Waals surface area contributed by atoms with Gasteiger partial charge in [0, 0.05) is 27.6 Å². The Morgan fingerprint density at radius 1 is 1.39 bits per heavy atom. The van der Waals surface area contributed by atoms with E-state index in [4.69, 9.17) is 0 Å². The largest absolute Gasteiger partial charge is 0.388 e. The van der Waals surface area contributed by atoms with Crippen molar-refractivity contribution in [3.05, 3.63) is 34.0 Å². The highest BCUT2D eigenvalue weighted by Gasteiger charge is 2.37. The number of rotatable bonds is 5. The molecule has 3 rings (SSSR count). The second-order valence-electron chi connectivity index (χ2n) is 7.06. The lowest BCUT2D eigenvalue weighted by Gasteiger charge is -2.29. The molecule has 0 aliphatic heterocycles. The summed E-state index contributed by atoms with van der Waals surface area (Å²) >= 11 is 1.71. The van der Waals surface area contributed by atoms with Gasteiger partial charge in [-0.2, -0.15) is 0 Å². The Labute approximate surface area is 142 Å². The molecule has 3 nitrogen and oxygen atoms in total. The van der Waals surface area contributed by atoms with Crippen molar-refractivity contribution in [2.24, 2.45) is 5.92 Å². The highest BCUT2D eigenvalue weighted by molar-refractivity contribution is 7.12. The molecule has 4 heteroatoms. The molecule has 1 aromatic heterocycles. The van der Waals surface area contributed by atoms with Crippen molar-refractivity contribution in [2.45, 2.75) is 63.4 Å². The third-order valence-corrected chi connectivity index (χ3v) is 6.86. The number of amides is 1. The minimum Gasteiger partial charge on any atom is -0.388 e. The van der Waals surface area contributed by atoms with Crippen LogP contribution in [-0.4, -0.2) is 17.6 Å². The van der Waals surface area contributed by atoms with E-state index in [2.05, 4.69) is 23.5 Å². The summed E-state index contributed by atoms with van der Waals surface area (Å²) in [6.07, 6.45) is 11.5. The van der Waals surface area contributed by atoms with Crippen LogP contribution in [0.4, 0.5) is 0 Å². The lowest BCUT2D eigenvalue weighted by atomic mass is 9.84. The molecule has 126 valence electrons. The zero-order chi connectivity index (χ0) is 16.3. The van der Waals surface area contributed by atoms with Gasteiger partial charge < -0.3 is 10.4 Å². The van der Waals surface area contributed by atoms with Crippen molar-refractivity contribution in [1.82, 2.24) is 5.32 Å². The number of carbonyl (C=O) groups is 1. The van der Waals surface area contributed by atoms with Crippen LogP contribution in [0.25, 0.3) is 0 Å². The van der Waals surface area contributed by atoms with E-state index >= 15 is 0 Å². The zero-order valence-electron chi connectivity index (χ0n) is 13.9. The van der Waals surface area contributed by atoms with Gasteiger partial charge >= 0.3 is 0 Å². The van der Waals surface area contributed by atoms with Crippen LogP contribution in [0.2, 0.25) is 0 Å².